The van der Waals surface area contributed by atoms with E-state index in [-0.39, 0.29) is 5.56 Å². The molecule has 0 saturated heterocycles. The second kappa shape index (κ2) is 6.64. The molecule has 1 unspecified atom stereocenters. The number of hydrogen-bond donors (Lipinski definition) is 1. The molecular weight excluding hydrogens is 282 g/mol. The van der Waals surface area contributed by atoms with E-state index in [0.29, 0.717) is 22.6 Å². The van der Waals surface area contributed by atoms with Crippen molar-refractivity contribution in [2.24, 2.45) is 0 Å². The predicted octanol–water partition coefficient (Wildman–Crippen LogP) is 3.06. The third-order valence-corrected chi connectivity index (χ3v) is 3.37. The first kappa shape index (κ1) is 15.4. The van der Waals surface area contributed by atoms with E-state index in [1.165, 1.54) is 26.4 Å². The number of rotatable bonds is 5. The van der Waals surface area contributed by atoms with E-state index in [1.807, 2.05) is 6.07 Å². The minimum Gasteiger partial charge on any atom is -0.496 e. The maximum absolute atomic E-state index is 11.2. The van der Waals surface area contributed by atoms with Gasteiger partial charge in [-0.3, -0.25) is 0 Å². The molecule has 112 valence electrons. The first-order valence-electron chi connectivity index (χ1n) is 6.56. The average molecular weight is 297 g/mol. The molecule has 0 aliphatic rings. The summed E-state index contributed by atoms with van der Waals surface area (Å²) in [6, 6.07) is 13.8. The molecule has 2 aromatic carbocycles. The molecule has 2 rings (SSSR count). The number of aromatic carboxylic acids is 1. The van der Waals surface area contributed by atoms with Crippen LogP contribution in [0.25, 0.3) is 0 Å². The second-order valence-electron chi connectivity index (χ2n) is 4.57. The van der Waals surface area contributed by atoms with Gasteiger partial charge in [0.25, 0.3) is 0 Å². The van der Waals surface area contributed by atoms with Crippen molar-refractivity contribution in [3.63, 3.8) is 0 Å². The number of ether oxygens (including phenoxy) is 2. The van der Waals surface area contributed by atoms with E-state index in [2.05, 4.69) is 6.07 Å². The van der Waals surface area contributed by atoms with Gasteiger partial charge in [0, 0.05) is 11.1 Å². The lowest BCUT2D eigenvalue weighted by molar-refractivity contribution is 0.0696. The van der Waals surface area contributed by atoms with Crippen molar-refractivity contribution in [1.29, 1.82) is 5.26 Å². The first-order valence-corrected chi connectivity index (χ1v) is 6.56. The van der Waals surface area contributed by atoms with Crippen molar-refractivity contribution in [3.05, 3.63) is 59.2 Å². The molecule has 1 N–H and O–H groups in total. The number of methoxy groups -OCH3 is 2. The standard InChI is InChI=1S/C17H15NO4/c1-21-15-6-4-3-5-12(15)14(10-18)13-9-11(17(19)20)7-8-16(13)22-2/h3-9,14H,1-2H3,(H,19,20). The Balaban J connectivity index is 2.63. The number of carboxylic acid groups (broad SMARTS) is 1. The number of carboxylic acids is 1. The first-order chi connectivity index (χ1) is 10.6. The van der Waals surface area contributed by atoms with Crippen LogP contribution in [0, 0.1) is 11.3 Å². The fourth-order valence-electron chi connectivity index (χ4n) is 2.30. The van der Waals surface area contributed by atoms with Crippen LogP contribution in [0.3, 0.4) is 0 Å². The summed E-state index contributed by atoms with van der Waals surface area (Å²) < 4.78 is 10.6. The van der Waals surface area contributed by atoms with Gasteiger partial charge in [-0.15, -0.1) is 0 Å². The zero-order chi connectivity index (χ0) is 16.1. The normalized spacial score (nSPS) is 11.3. The quantitative estimate of drug-likeness (QED) is 0.917. The summed E-state index contributed by atoms with van der Waals surface area (Å²) >= 11 is 0. The van der Waals surface area contributed by atoms with Crippen LogP contribution in [0.1, 0.15) is 27.4 Å². The summed E-state index contributed by atoms with van der Waals surface area (Å²) in [7, 11) is 3.01. The highest BCUT2D eigenvalue weighted by atomic mass is 16.5. The lowest BCUT2D eigenvalue weighted by atomic mass is 9.90. The number of nitrogens with zero attached hydrogens (tertiary/aromatic N) is 1. The smallest absolute Gasteiger partial charge is 0.335 e. The zero-order valence-corrected chi connectivity index (χ0v) is 12.2. The fraction of sp³-hybridized carbons (Fsp3) is 0.176. The fourth-order valence-corrected chi connectivity index (χ4v) is 2.30. The number of carbonyl (C=O) groups is 1. The molecule has 0 fully saturated rings. The SMILES string of the molecule is COc1ccccc1C(C#N)c1cc(C(=O)O)ccc1OC. The third-order valence-electron chi connectivity index (χ3n) is 3.37. The van der Waals surface area contributed by atoms with E-state index in [1.54, 1.807) is 24.3 Å². The molecule has 2 aromatic rings. The van der Waals surface area contributed by atoms with Crippen molar-refractivity contribution in [2.45, 2.75) is 5.92 Å². The molecule has 0 spiro atoms. The van der Waals surface area contributed by atoms with E-state index in [0.717, 1.165) is 0 Å². The van der Waals surface area contributed by atoms with Crippen molar-refractivity contribution in [2.75, 3.05) is 14.2 Å². The van der Waals surface area contributed by atoms with Gasteiger partial charge in [0.15, 0.2) is 0 Å². The van der Waals surface area contributed by atoms with Gasteiger partial charge >= 0.3 is 5.97 Å². The maximum Gasteiger partial charge on any atom is 0.335 e. The summed E-state index contributed by atoms with van der Waals surface area (Å²) in [5.74, 6) is -0.717. The van der Waals surface area contributed by atoms with E-state index < -0.39 is 11.9 Å². The summed E-state index contributed by atoms with van der Waals surface area (Å²) in [5, 5.41) is 18.7. The number of para-hydroxylation sites is 1. The molecule has 0 aliphatic carbocycles. The van der Waals surface area contributed by atoms with Gasteiger partial charge in [-0.2, -0.15) is 5.26 Å². The van der Waals surface area contributed by atoms with Crippen LogP contribution in [-0.4, -0.2) is 25.3 Å². The lowest BCUT2D eigenvalue weighted by Crippen LogP contribution is -2.06. The van der Waals surface area contributed by atoms with Crippen LogP contribution in [0.15, 0.2) is 42.5 Å². The van der Waals surface area contributed by atoms with Gasteiger partial charge in [-0.25, -0.2) is 4.79 Å². The van der Waals surface area contributed by atoms with Crippen LogP contribution in [-0.2, 0) is 0 Å². The zero-order valence-electron chi connectivity index (χ0n) is 12.2. The van der Waals surface area contributed by atoms with Gasteiger partial charge in [-0.05, 0) is 24.3 Å². The van der Waals surface area contributed by atoms with E-state index in [4.69, 9.17) is 14.6 Å². The van der Waals surface area contributed by atoms with Gasteiger partial charge in [0.2, 0.25) is 0 Å². The summed E-state index contributed by atoms with van der Waals surface area (Å²) in [4.78, 5) is 11.2. The molecule has 0 saturated carbocycles. The molecule has 5 nitrogen and oxygen atoms in total. The number of hydrogen-bond acceptors (Lipinski definition) is 4. The van der Waals surface area contributed by atoms with Crippen LogP contribution in [0.4, 0.5) is 0 Å². The highest BCUT2D eigenvalue weighted by molar-refractivity contribution is 5.88. The highest BCUT2D eigenvalue weighted by Gasteiger charge is 2.22. The van der Waals surface area contributed by atoms with E-state index >= 15 is 0 Å². The van der Waals surface area contributed by atoms with Crippen molar-refractivity contribution in [1.82, 2.24) is 0 Å². The Morgan fingerprint density at radius 1 is 1.09 bits per heavy atom. The maximum atomic E-state index is 11.2. The number of nitriles is 1. The van der Waals surface area contributed by atoms with Gasteiger partial charge in [0.1, 0.15) is 17.4 Å². The molecule has 0 aromatic heterocycles. The Morgan fingerprint density at radius 2 is 1.73 bits per heavy atom. The Hall–Kier alpha value is -3.00. The van der Waals surface area contributed by atoms with Crippen molar-refractivity contribution < 1.29 is 19.4 Å². The van der Waals surface area contributed by atoms with Crippen LogP contribution in [0.2, 0.25) is 0 Å². The van der Waals surface area contributed by atoms with Crippen LogP contribution < -0.4 is 9.47 Å². The molecule has 0 radical (unpaired) electrons. The molecular formula is C17H15NO4. The molecule has 1 atom stereocenters. The summed E-state index contributed by atoms with van der Waals surface area (Å²) in [6.07, 6.45) is 0. The second-order valence-corrected chi connectivity index (χ2v) is 4.57. The van der Waals surface area contributed by atoms with E-state index in [9.17, 15) is 10.1 Å². The minimum atomic E-state index is -1.05. The minimum absolute atomic E-state index is 0.103. The molecule has 5 heteroatoms. The summed E-state index contributed by atoms with van der Waals surface area (Å²) in [5.41, 5.74) is 1.26. The Bertz CT molecular complexity index is 734. The Morgan fingerprint density at radius 3 is 2.32 bits per heavy atom. The molecule has 0 bridgehead atoms. The Kier molecular flexibility index (Phi) is 4.64. The van der Waals surface area contributed by atoms with Crippen molar-refractivity contribution >= 4 is 5.97 Å². The highest BCUT2D eigenvalue weighted by Crippen LogP contribution is 2.36. The van der Waals surface area contributed by atoms with Gasteiger partial charge < -0.3 is 14.6 Å². The van der Waals surface area contributed by atoms with Crippen LogP contribution >= 0.6 is 0 Å². The van der Waals surface area contributed by atoms with Crippen LogP contribution in [0.5, 0.6) is 11.5 Å². The lowest BCUT2D eigenvalue weighted by Gasteiger charge is -2.17. The summed E-state index contributed by atoms with van der Waals surface area (Å²) in [6.45, 7) is 0. The Labute approximate surface area is 128 Å². The van der Waals surface area contributed by atoms with Crippen molar-refractivity contribution in [3.8, 4) is 17.6 Å². The molecule has 0 heterocycles. The molecule has 0 amide bonds. The monoisotopic (exact) mass is 297 g/mol. The number of benzene rings is 2. The largest absolute Gasteiger partial charge is 0.496 e. The third kappa shape index (κ3) is 2.86. The molecule has 0 aliphatic heterocycles. The van der Waals surface area contributed by atoms with Gasteiger partial charge in [-0.1, -0.05) is 18.2 Å². The molecule has 22 heavy (non-hydrogen) atoms. The topological polar surface area (TPSA) is 79.5 Å². The predicted molar refractivity (Wildman–Crippen MR) is 80.4 cm³/mol. The average Bonchev–Trinajstić information content (AvgIpc) is 2.55. The van der Waals surface area contributed by atoms with Gasteiger partial charge in [0.05, 0.1) is 25.9 Å².